The van der Waals surface area contributed by atoms with Crippen LogP contribution in [-0.2, 0) is 0 Å². The molecule has 1 atom stereocenters. The van der Waals surface area contributed by atoms with Crippen molar-refractivity contribution in [3.05, 3.63) is 57.8 Å². The number of hydrogen-bond donors (Lipinski definition) is 2. The maximum Gasteiger partial charge on any atom is 0.119 e. The molecular weight excluding hydrogens is 306 g/mol. The molecular formula is C14H16BrN3O. The minimum Gasteiger partial charge on any atom is -0.497 e. The smallest absolute Gasteiger partial charge is 0.119 e. The van der Waals surface area contributed by atoms with Gasteiger partial charge in [0.2, 0.25) is 0 Å². The van der Waals surface area contributed by atoms with Gasteiger partial charge in [-0.15, -0.1) is 0 Å². The third-order valence-corrected chi connectivity index (χ3v) is 3.79. The second-order valence-electron chi connectivity index (χ2n) is 4.22. The van der Waals surface area contributed by atoms with Crippen molar-refractivity contribution in [2.75, 3.05) is 7.11 Å². The van der Waals surface area contributed by atoms with Crippen molar-refractivity contribution in [3.8, 4) is 5.75 Å². The second-order valence-corrected chi connectivity index (χ2v) is 5.07. The Balaban J connectivity index is 2.51. The van der Waals surface area contributed by atoms with Gasteiger partial charge >= 0.3 is 0 Å². The first-order valence-corrected chi connectivity index (χ1v) is 6.66. The fourth-order valence-electron chi connectivity index (χ4n) is 2.00. The van der Waals surface area contributed by atoms with Crippen LogP contribution in [-0.4, -0.2) is 12.1 Å². The van der Waals surface area contributed by atoms with Crippen molar-refractivity contribution >= 4 is 15.9 Å². The van der Waals surface area contributed by atoms with Crippen molar-refractivity contribution in [2.45, 2.75) is 13.0 Å². The highest BCUT2D eigenvalue weighted by Crippen LogP contribution is 2.32. The number of aromatic nitrogens is 1. The molecule has 1 heterocycles. The number of benzene rings is 1. The van der Waals surface area contributed by atoms with Crippen molar-refractivity contribution < 1.29 is 4.74 Å². The van der Waals surface area contributed by atoms with Gasteiger partial charge in [0.25, 0.3) is 0 Å². The monoisotopic (exact) mass is 321 g/mol. The van der Waals surface area contributed by atoms with Gasteiger partial charge in [-0.25, -0.2) is 5.43 Å². The summed E-state index contributed by atoms with van der Waals surface area (Å²) in [5.74, 6) is 6.52. The number of nitrogens with two attached hydrogens (primary N) is 1. The number of methoxy groups -OCH3 is 1. The van der Waals surface area contributed by atoms with E-state index in [1.54, 1.807) is 13.3 Å². The van der Waals surface area contributed by atoms with Crippen molar-refractivity contribution in [1.82, 2.24) is 10.4 Å². The summed E-state index contributed by atoms with van der Waals surface area (Å²) in [4.78, 5) is 4.17. The van der Waals surface area contributed by atoms with E-state index in [0.717, 1.165) is 26.9 Å². The Hall–Kier alpha value is -1.43. The normalized spacial score (nSPS) is 12.2. The van der Waals surface area contributed by atoms with E-state index in [0.29, 0.717) is 0 Å². The number of pyridine rings is 1. The molecule has 0 aliphatic heterocycles. The van der Waals surface area contributed by atoms with E-state index in [2.05, 4.69) is 26.3 Å². The van der Waals surface area contributed by atoms with Crippen molar-refractivity contribution in [3.63, 3.8) is 0 Å². The third kappa shape index (κ3) is 2.94. The van der Waals surface area contributed by atoms with Crippen LogP contribution in [0.3, 0.4) is 0 Å². The highest BCUT2D eigenvalue weighted by molar-refractivity contribution is 9.10. The molecule has 0 amide bonds. The molecule has 4 nitrogen and oxygen atoms in total. The molecule has 0 fully saturated rings. The molecule has 0 aliphatic rings. The number of hydrazine groups is 1. The molecule has 100 valence electrons. The van der Waals surface area contributed by atoms with E-state index in [1.165, 1.54) is 0 Å². The number of rotatable bonds is 4. The van der Waals surface area contributed by atoms with Gasteiger partial charge in [0.15, 0.2) is 0 Å². The highest BCUT2D eigenvalue weighted by Gasteiger charge is 2.18. The number of nitrogens with one attached hydrogen (secondary N) is 1. The summed E-state index contributed by atoms with van der Waals surface area (Å²) >= 11 is 3.55. The lowest BCUT2D eigenvalue weighted by Crippen LogP contribution is -2.29. The summed E-state index contributed by atoms with van der Waals surface area (Å²) < 4.78 is 6.24. The minimum atomic E-state index is -0.141. The van der Waals surface area contributed by atoms with Crippen LogP contribution in [0.4, 0.5) is 0 Å². The van der Waals surface area contributed by atoms with Gasteiger partial charge in [0.1, 0.15) is 5.75 Å². The number of aryl methyl sites for hydroxylation is 1. The Kier molecular flexibility index (Phi) is 4.52. The van der Waals surface area contributed by atoms with Gasteiger partial charge in [-0.1, -0.05) is 15.9 Å². The lowest BCUT2D eigenvalue weighted by Gasteiger charge is -2.20. The van der Waals surface area contributed by atoms with E-state index in [9.17, 15) is 0 Å². The van der Waals surface area contributed by atoms with Gasteiger partial charge in [-0.3, -0.25) is 10.8 Å². The Morgan fingerprint density at radius 2 is 2.11 bits per heavy atom. The lowest BCUT2D eigenvalue weighted by atomic mass is 9.97. The van der Waals surface area contributed by atoms with Gasteiger partial charge in [0.05, 0.1) is 13.2 Å². The quantitative estimate of drug-likeness (QED) is 0.671. The van der Waals surface area contributed by atoms with Crippen molar-refractivity contribution in [1.29, 1.82) is 0 Å². The molecule has 0 bridgehead atoms. The van der Waals surface area contributed by atoms with Crippen LogP contribution in [0.25, 0.3) is 0 Å². The number of halogens is 1. The molecule has 1 aromatic carbocycles. The molecule has 3 N–H and O–H groups in total. The summed E-state index contributed by atoms with van der Waals surface area (Å²) in [7, 11) is 1.65. The molecule has 0 radical (unpaired) electrons. The molecule has 0 saturated heterocycles. The van der Waals surface area contributed by atoms with E-state index in [1.807, 2.05) is 37.4 Å². The topological polar surface area (TPSA) is 60.2 Å². The Morgan fingerprint density at radius 1 is 1.32 bits per heavy atom. The van der Waals surface area contributed by atoms with Crippen LogP contribution < -0.4 is 16.0 Å². The average molecular weight is 322 g/mol. The van der Waals surface area contributed by atoms with Crippen LogP contribution >= 0.6 is 15.9 Å². The number of hydrogen-bond acceptors (Lipinski definition) is 4. The van der Waals surface area contributed by atoms with Gasteiger partial charge < -0.3 is 4.74 Å². The molecule has 2 rings (SSSR count). The molecule has 5 heteroatoms. The lowest BCUT2D eigenvalue weighted by molar-refractivity contribution is 0.413. The number of ether oxygens (including phenoxy) is 1. The standard InChI is InChI=1S/C14H16BrN3O/c1-9-5-6-17-8-12(9)14(18-16)11-7-10(19-2)3-4-13(11)15/h3-8,14,18H,16H2,1-2H3. The molecule has 0 aliphatic carbocycles. The van der Waals surface area contributed by atoms with Gasteiger partial charge in [-0.2, -0.15) is 0 Å². The van der Waals surface area contributed by atoms with Crippen molar-refractivity contribution in [2.24, 2.45) is 5.84 Å². The fraction of sp³-hybridized carbons (Fsp3) is 0.214. The third-order valence-electron chi connectivity index (χ3n) is 3.07. The summed E-state index contributed by atoms with van der Waals surface area (Å²) in [6, 6.07) is 7.63. The maximum atomic E-state index is 5.73. The number of nitrogens with zero attached hydrogens (tertiary/aromatic N) is 1. The first kappa shape index (κ1) is 14.0. The molecule has 1 unspecified atom stereocenters. The molecule has 0 saturated carbocycles. The zero-order chi connectivity index (χ0) is 13.8. The highest BCUT2D eigenvalue weighted by atomic mass is 79.9. The second kappa shape index (κ2) is 6.14. The van der Waals surface area contributed by atoms with Gasteiger partial charge in [-0.05, 0) is 47.9 Å². The van der Waals surface area contributed by atoms with E-state index >= 15 is 0 Å². The molecule has 2 aromatic rings. The summed E-state index contributed by atoms with van der Waals surface area (Å²) in [6.07, 6.45) is 3.60. The van der Waals surface area contributed by atoms with E-state index in [4.69, 9.17) is 10.6 Å². The SMILES string of the molecule is COc1ccc(Br)c(C(NN)c2cnccc2C)c1. The van der Waals surface area contributed by atoms with Crippen LogP contribution in [0.2, 0.25) is 0 Å². The summed E-state index contributed by atoms with van der Waals surface area (Å²) in [6.45, 7) is 2.04. The predicted octanol–water partition coefficient (Wildman–Crippen LogP) is 2.71. The first-order chi connectivity index (χ1) is 9.17. The Labute approximate surface area is 121 Å². The molecule has 19 heavy (non-hydrogen) atoms. The average Bonchev–Trinajstić information content (AvgIpc) is 2.43. The Bertz CT molecular complexity index is 574. The molecule has 1 aromatic heterocycles. The molecule has 0 spiro atoms. The van der Waals surface area contributed by atoms with E-state index < -0.39 is 0 Å². The zero-order valence-electron chi connectivity index (χ0n) is 10.9. The zero-order valence-corrected chi connectivity index (χ0v) is 12.4. The summed E-state index contributed by atoms with van der Waals surface area (Å²) in [5, 5.41) is 0. The fourth-order valence-corrected chi connectivity index (χ4v) is 2.47. The predicted molar refractivity (Wildman–Crippen MR) is 78.8 cm³/mol. The first-order valence-electron chi connectivity index (χ1n) is 5.87. The van der Waals surface area contributed by atoms with Crippen LogP contribution in [0, 0.1) is 6.92 Å². The van der Waals surface area contributed by atoms with Gasteiger partial charge in [0, 0.05) is 16.9 Å². The van der Waals surface area contributed by atoms with Crippen LogP contribution in [0.1, 0.15) is 22.7 Å². The largest absolute Gasteiger partial charge is 0.497 e. The minimum absolute atomic E-state index is 0.141. The van der Waals surface area contributed by atoms with Crippen LogP contribution in [0.15, 0.2) is 41.1 Å². The Morgan fingerprint density at radius 3 is 2.74 bits per heavy atom. The maximum absolute atomic E-state index is 5.73. The van der Waals surface area contributed by atoms with E-state index in [-0.39, 0.29) is 6.04 Å². The summed E-state index contributed by atoms with van der Waals surface area (Å²) in [5.41, 5.74) is 6.03. The van der Waals surface area contributed by atoms with Crippen LogP contribution in [0.5, 0.6) is 5.75 Å².